The second-order valence-electron chi connectivity index (χ2n) is 2.88. The van der Waals surface area contributed by atoms with Crippen molar-refractivity contribution in [2.24, 2.45) is 0 Å². The maximum atomic E-state index is 4.40. The van der Waals surface area contributed by atoms with E-state index in [4.69, 9.17) is 0 Å². The fourth-order valence-electron chi connectivity index (χ4n) is 1.15. The van der Waals surface area contributed by atoms with Gasteiger partial charge in [-0.15, -0.1) is 12.6 Å². The molecule has 1 heteroatoms. The highest BCUT2D eigenvalue weighted by Crippen LogP contribution is 2.16. The van der Waals surface area contributed by atoms with E-state index < -0.39 is 0 Å². The molecular weight excluding hydrogens is 152 g/mol. The Labute approximate surface area is 74.0 Å². The second-order valence-corrected chi connectivity index (χ2v) is 3.36. The van der Waals surface area contributed by atoms with Gasteiger partial charge in [0.15, 0.2) is 0 Å². The Bertz CT molecular complexity index is 241. The first-order valence-corrected chi connectivity index (χ1v) is 4.47. The summed E-state index contributed by atoms with van der Waals surface area (Å²) in [5.74, 6) is 0. The van der Waals surface area contributed by atoms with Crippen LogP contribution in [0.25, 0.3) is 0 Å². The molecule has 0 heterocycles. The van der Waals surface area contributed by atoms with Crippen molar-refractivity contribution in [3.63, 3.8) is 0 Å². The molecule has 0 saturated heterocycles. The van der Waals surface area contributed by atoms with Crippen LogP contribution in [0.2, 0.25) is 0 Å². The maximum absolute atomic E-state index is 4.40. The number of aryl methyl sites for hydroxylation is 2. The van der Waals surface area contributed by atoms with Crippen molar-refractivity contribution >= 4 is 12.6 Å². The summed E-state index contributed by atoms with van der Waals surface area (Å²) >= 11 is 4.40. The highest BCUT2D eigenvalue weighted by atomic mass is 32.1. The molecule has 0 spiro atoms. The monoisotopic (exact) mass is 166 g/mol. The summed E-state index contributed by atoms with van der Waals surface area (Å²) in [6.07, 6.45) is 2.33. The van der Waals surface area contributed by atoms with E-state index in [0.717, 1.165) is 11.3 Å². The Balaban J connectivity index is 2.90. The number of rotatable bonds is 2. The molecule has 1 rings (SSSR count). The first-order chi connectivity index (χ1) is 5.24. The van der Waals surface area contributed by atoms with E-state index in [9.17, 15) is 0 Å². The lowest BCUT2D eigenvalue weighted by molar-refractivity contribution is 0.900. The molecule has 0 bridgehead atoms. The Morgan fingerprint density at radius 2 is 2.09 bits per heavy atom. The second kappa shape index (κ2) is 3.82. The molecule has 1 aromatic rings. The van der Waals surface area contributed by atoms with Gasteiger partial charge in [0.2, 0.25) is 0 Å². The maximum Gasteiger partial charge on any atom is 0.00746 e. The third-order valence-corrected chi connectivity index (χ3v) is 2.18. The number of hydrogen-bond acceptors (Lipinski definition) is 1. The van der Waals surface area contributed by atoms with Gasteiger partial charge in [-0.1, -0.05) is 31.0 Å². The molecule has 1 aromatic carbocycles. The molecule has 0 aromatic heterocycles. The molecule has 11 heavy (non-hydrogen) atoms. The van der Waals surface area contributed by atoms with E-state index in [2.05, 4.69) is 44.7 Å². The van der Waals surface area contributed by atoms with E-state index >= 15 is 0 Å². The van der Waals surface area contributed by atoms with Gasteiger partial charge < -0.3 is 0 Å². The molecule has 60 valence electrons. The smallest absolute Gasteiger partial charge is 0.00746 e. The normalized spacial score (nSPS) is 10.1. The highest BCUT2D eigenvalue weighted by molar-refractivity contribution is 7.80. The summed E-state index contributed by atoms with van der Waals surface area (Å²) in [7, 11) is 0. The zero-order valence-electron chi connectivity index (χ0n) is 7.09. The molecule has 0 aliphatic rings. The predicted molar refractivity (Wildman–Crippen MR) is 52.4 cm³/mol. The summed E-state index contributed by atoms with van der Waals surface area (Å²) in [6, 6.07) is 6.43. The first-order valence-electron chi connectivity index (χ1n) is 4.02. The van der Waals surface area contributed by atoms with Crippen LogP contribution in [0.3, 0.4) is 0 Å². The Kier molecular flexibility index (Phi) is 3.01. The molecular formula is C10H14S. The standard InChI is InChI=1S/C10H14S/c1-3-4-9-6-5-8(2)7-10(9)11/h5-7,11H,3-4H2,1-2H3. The predicted octanol–water partition coefficient (Wildman–Crippen LogP) is 3.24. The van der Waals surface area contributed by atoms with Crippen molar-refractivity contribution in [2.45, 2.75) is 31.6 Å². The lowest BCUT2D eigenvalue weighted by atomic mass is 10.1. The Morgan fingerprint density at radius 3 is 2.64 bits per heavy atom. The van der Waals surface area contributed by atoms with Gasteiger partial charge in [-0.2, -0.15) is 0 Å². The van der Waals surface area contributed by atoms with E-state index in [0.29, 0.717) is 0 Å². The molecule has 0 amide bonds. The van der Waals surface area contributed by atoms with Crippen LogP contribution in [0.15, 0.2) is 23.1 Å². The minimum Gasteiger partial charge on any atom is -0.143 e. The van der Waals surface area contributed by atoms with Crippen LogP contribution in [0.4, 0.5) is 0 Å². The fourth-order valence-corrected chi connectivity index (χ4v) is 1.54. The van der Waals surface area contributed by atoms with Gasteiger partial charge in [0.05, 0.1) is 0 Å². The van der Waals surface area contributed by atoms with Crippen LogP contribution in [-0.4, -0.2) is 0 Å². The SMILES string of the molecule is CCCc1ccc(C)cc1S. The number of thiol groups is 1. The summed E-state index contributed by atoms with van der Waals surface area (Å²) in [5, 5.41) is 0. The molecule has 0 nitrogen and oxygen atoms in total. The van der Waals surface area contributed by atoms with Crippen molar-refractivity contribution in [2.75, 3.05) is 0 Å². The topological polar surface area (TPSA) is 0 Å². The van der Waals surface area contributed by atoms with Gasteiger partial charge in [0.1, 0.15) is 0 Å². The summed E-state index contributed by atoms with van der Waals surface area (Å²) in [5.41, 5.74) is 2.65. The fraction of sp³-hybridized carbons (Fsp3) is 0.400. The van der Waals surface area contributed by atoms with E-state index in [1.807, 2.05) is 0 Å². The molecule has 0 aliphatic carbocycles. The molecule has 0 radical (unpaired) electrons. The Morgan fingerprint density at radius 1 is 1.36 bits per heavy atom. The van der Waals surface area contributed by atoms with Crippen molar-refractivity contribution < 1.29 is 0 Å². The van der Waals surface area contributed by atoms with Gasteiger partial charge in [0.25, 0.3) is 0 Å². The highest BCUT2D eigenvalue weighted by Gasteiger charge is 1.96. The van der Waals surface area contributed by atoms with Gasteiger partial charge in [0, 0.05) is 4.90 Å². The van der Waals surface area contributed by atoms with Crippen LogP contribution < -0.4 is 0 Å². The van der Waals surface area contributed by atoms with Gasteiger partial charge >= 0.3 is 0 Å². The third kappa shape index (κ3) is 2.26. The van der Waals surface area contributed by atoms with Gasteiger partial charge in [-0.05, 0) is 25.0 Å². The molecule has 0 unspecified atom stereocenters. The Hall–Kier alpha value is -0.430. The summed E-state index contributed by atoms with van der Waals surface area (Å²) in [6.45, 7) is 4.28. The van der Waals surface area contributed by atoms with E-state index in [1.165, 1.54) is 17.5 Å². The minimum atomic E-state index is 1.13. The lowest BCUT2D eigenvalue weighted by Gasteiger charge is -2.03. The average molecular weight is 166 g/mol. The van der Waals surface area contributed by atoms with Crippen LogP contribution in [0, 0.1) is 6.92 Å². The lowest BCUT2D eigenvalue weighted by Crippen LogP contribution is -1.85. The summed E-state index contributed by atoms with van der Waals surface area (Å²) < 4.78 is 0. The zero-order chi connectivity index (χ0) is 8.27. The minimum absolute atomic E-state index is 1.13. The molecule has 0 saturated carbocycles. The van der Waals surface area contributed by atoms with Crippen molar-refractivity contribution in [1.82, 2.24) is 0 Å². The first kappa shape index (κ1) is 8.66. The number of hydrogen-bond donors (Lipinski definition) is 1. The van der Waals surface area contributed by atoms with Gasteiger partial charge in [-0.3, -0.25) is 0 Å². The molecule has 0 atom stereocenters. The van der Waals surface area contributed by atoms with Crippen LogP contribution in [0.5, 0.6) is 0 Å². The quantitative estimate of drug-likeness (QED) is 0.641. The van der Waals surface area contributed by atoms with Crippen molar-refractivity contribution in [3.8, 4) is 0 Å². The van der Waals surface area contributed by atoms with E-state index in [-0.39, 0.29) is 0 Å². The number of benzene rings is 1. The van der Waals surface area contributed by atoms with Crippen molar-refractivity contribution in [3.05, 3.63) is 29.3 Å². The van der Waals surface area contributed by atoms with Gasteiger partial charge in [-0.25, -0.2) is 0 Å². The van der Waals surface area contributed by atoms with E-state index in [1.54, 1.807) is 0 Å². The zero-order valence-corrected chi connectivity index (χ0v) is 7.99. The average Bonchev–Trinajstić information content (AvgIpc) is 1.95. The van der Waals surface area contributed by atoms with Crippen LogP contribution in [-0.2, 0) is 6.42 Å². The molecule has 0 N–H and O–H groups in total. The van der Waals surface area contributed by atoms with Crippen molar-refractivity contribution in [1.29, 1.82) is 0 Å². The summed E-state index contributed by atoms with van der Waals surface area (Å²) in [4.78, 5) is 1.13. The molecule has 0 aliphatic heterocycles. The van der Waals surface area contributed by atoms with Crippen LogP contribution in [0.1, 0.15) is 24.5 Å². The third-order valence-electron chi connectivity index (χ3n) is 1.76. The van der Waals surface area contributed by atoms with Crippen LogP contribution >= 0.6 is 12.6 Å². The largest absolute Gasteiger partial charge is 0.143 e. The molecule has 0 fully saturated rings.